The molecule has 2 heterocycles. The number of amides is 1. The van der Waals surface area contributed by atoms with Crippen molar-refractivity contribution in [3.8, 4) is 0 Å². The molecule has 1 aliphatic rings. The molecule has 1 aromatic carbocycles. The first-order valence-electron chi connectivity index (χ1n) is 6.26. The molecule has 1 amide bonds. The van der Waals surface area contributed by atoms with Gasteiger partial charge in [-0.2, -0.15) is 0 Å². The van der Waals surface area contributed by atoms with Crippen molar-refractivity contribution >= 4 is 16.9 Å². The van der Waals surface area contributed by atoms with Gasteiger partial charge in [0.2, 0.25) is 0 Å². The van der Waals surface area contributed by atoms with Crippen molar-refractivity contribution < 1.29 is 18.3 Å². The summed E-state index contributed by atoms with van der Waals surface area (Å²) in [6.45, 7) is 1.75. The van der Waals surface area contributed by atoms with Gasteiger partial charge in [0.05, 0.1) is 13.2 Å². The summed E-state index contributed by atoms with van der Waals surface area (Å²) >= 11 is 0. The maximum Gasteiger partial charge on any atom is 0.349 e. The van der Waals surface area contributed by atoms with Crippen LogP contribution in [0.4, 0.5) is 4.39 Å². The summed E-state index contributed by atoms with van der Waals surface area (Å²) in [5.74, 6) is -1.03. The van der Waals surface area contributed by atoms with Crippen molar-refractivity contribution in [3.05, 3.63) is 46.1 Å². The van der Waals surface area contributed by atoms with Gasteiger partial charge in [-0.25, -0.2) is 9.18 Å². The highest BCUT2D eigenvalue weighted by atomic mass is 19.1. The third kappa shape index (κ3) is 2.18. The van der Waals surface area contributed by atoms with Crippen molar-refractivity contribution in [1.29, 1.82) is 0 Å². The van der Waals surface area contributed by atoms with Gasteiger partial charge in [0, 0.05) is 18.5 Å². The van der Waals surface area contributed by atoms with E-state index in [9.17, 15) is 14.0 Å². The van der Waals surface area contributed by atoms with Crippen LogP contribution in [-0.4, -0.2) is 37.1 Å². The lowest BCUT2D eigenvalue weighted by atomic mass is 10.1. The van der Waals surface area contributed by atoms with E-state index in [0.717, 1.165) is 0 Å². The van der Waals surface area contributed by atoms with E-state index in [1.54, 1.807) is 6.07 Å². The van der Waals surface area contributed by atoms with E-state index >= 15 is 0 Å². The van der Waals surface area contributed by atoms with E-state index in [-0.39, 0.29) is 11.1 Å². The number of nitrogens with zero attached hydrogens (tertiary/aromatic N) is 1. The van der Waals surface area contributed by atoms with Crippen LogP contribution in [0.3, 0.4) is 0 Å². The lowest BCUT2D eigenvalue weighted by Crippen LogP contribution is -2.42. The Kier molecular flexibility index (Phi) is 3.23. The number of hydrogen-bond acceptors (Lipinski definition) is 4. The molecule has 0 bridgehead atoms. The van der Waals surface area contributed by atoms with Gasteiger partial charge in [-0.3, -0.25) is 4.79 Å². The van der Waals surface area contributed by atoms with Crippen LogP contribution in [-0.2, 0) is 4.74 Å². The minimum Gasteiger partial charge on any atom is -0.419 e. The molecule has 1 aromatic heterocycles. The van der Waals surface area contributed by atoms with Crippen LogP contribution in [0.25, 0.3) is 11.0 Å². The number of morpholine rings is 1. The summed E-state index contributed by atoms with van der Waals surface area (Å²) < 4.78 is 23.6. The van der Waals surface area contributed by atoms with E-state index in [2.05, 4.69) is 0 Å². The fourth-order valence-electron chi connectivity index (χ4n) is 2.19. The average molecular weight is 277 g/mol. The topological polar surface area (TPSA) is 59.8 Å². The summed E-state index contributed by atoms with van der Waals surface area (Å²) in [5.41, 5.74) is -1.03. The molecule has 2 aromatic rings. The van der Waals surface area contributed by atoms with Crippen LogP contribution in [0.2, 0.25) is 0 Å². The Morgan fingerprint density at radius 1 is 1.25 bits per heavy atom. The first-order valence-corrected chi connectivity index (χ1v) is 6.26. The maximum atomic E-state index is 13.5. The predicted molar refractivity (Wildman–Crippen MR) is 69.2 cm³/mol. The highest BCUT2D eigenvalue weighted by Gasteiger charge is 2.22. The number of carbonyl (C=O) groups excluding carboxylic acids is 1. The number of halogens is 1. The molecule has 0 atom stereocenters. The van der Waals surface area contributed by atoms with Crippen LogP contribution >= 0.6 is 0 Å². The van der Waals surface area contributed by atoms with Crippen LogP contribution in [0.15, 0.2) is 33.5 Å². The summed E-state index contributed by atoms with van der Waals surface area (Å²) in [7, 11) is 0. The molecule has 0 N–H and O–H groups in total. The van der Waals surface area contributed by atoms with E-state index in [1.807, 2.05) is 0 Å². The second kappa shape index (κ2) is 5.05. The molecule has 0 saturated carbocycles. The Morgan fingerprint density at radius 2 is 2.00 bits per heavy atom. The molecule has 6 heteroatoms. The molecule has 1 aliphatic heterocycles. The van der Waals surface area contributed by atoms with Gasteiger partial charge in [0.25, 0.3) is 5.91 Å². The summed E-state index contributed by atoms with van der Waals surface area (Å²) in [6, 6.07) is 5.68. The Labute approximate surface area is 113 Å². The van der Waals surface area contributed by atoms with E-state index in [4.69, 9.17) is 9.15 Å². The Bertz CT molecular complexity index is 719. The van der Waals surface area contributed by atoms with Gasteiger partial charge in [-0.15, -0.1) is 0 Å². The highest BCUT2D eigenvalue weighted by molar-refractivity contribution is 5.96. The monoisotopic (exact) mass is 277 g/mol. The van der Waals surface area contributed by atoms with E-state index in [0.29, 0.717) is 31.7 Å². The molecule has 0 radical (unpaired) electrons. The quantitative estimate of drug-likeness (QED) is 0.739. The van der Waals surface area contributed by atoms with Gasteiger partial charge < -0.3 is 14.1 Å². The molecule has 20 heavy (non-hydrogen) atoms. The number of ether oxygens (including phenoxy) is 1. The zero-order valence-electron chi connectivity index (χ0n) is 10.6. The zero-order chi connectivity index (χ0) is 14.1. The lowest BCUT2D eigenvalue weighted by Gasteiger charge is -2.26. The van der Waals surface area contributed by atoms with Crippen molar-refractivity contribution in [1.82, 2.24) is 4.90 Å². The molecule has 104 valence electrons. The largest absolute Gasteiger partial charge is 0.419 e. The zero-order valence-corrected chi connectivity index (χ0v) is 10.6. The molecule has 0 unspecified atom stereocenters. The maximum absolute atomic E-state index is 13.5. The summed E-state index contributed by atoms with van der Waals surface area (Å²) in [5, 5.41) is 0.390. The Morgan fingerprint density at radius 3 is 2.75 bits per heavy atom. The normalized spacial score (nSPS) is 15.6. The second-order valence-corrected chi connectivity index (χ2v) is 4.51. The molecule has 1 fully saturated rings. The predicted octanol–water partition coefficient (Wildman–Crippen LogP) is 1.40. The van der Waals surface area contributed by atoms with Gasteiger partial charge in [0.15, 0.2) is 11.4 Å². The molecule has 3 rings (SSSR count). The second-order valence-electron chi connectivity index (χ2n) is 4.51. The number of benzene rings is 1. The Balaban J connectivity index is 2.05. The van der Waals surface area contributed by atoms with Gasteiger partial charge in [-0.05, 0) is 12.1 Å². The number of rotatable bonds is 1. The number of carbonyl (C=O) groups is 1. The van der Waals surface area contributed by atoms with E-state index in [1.165, 1.54) is 23.1 Å². The van der Waals surface area contributed by atoms with Gasteiger partial charge in [-0.1, -0.05) is 12.1 Å². The third-order valence-electron chi connectivity index (χ3n) is 3.24. The SMILES string of the molecule is O=C(c1cc2cccc(F)c2oc1=O)N1CCOCC1. The standard InChI is InChI=1S/C14H12FNO4/c15-11-3-1-2-9-8-10(14(18)20-12(9)11)13(17)16-4-6-19-7-5-16/h1-3,8H,4-7H2. The molecule has 1 saturated heterocycles. The van der Waals surface area contributed by atoms with Crippen LogP contribution in [0.1, 0.15) is 10.4 Å². The van der Waals surface area contributed by atoms with Gasteiger partial charge in [0.1, 0.15) is 5.56 Å². The lowest BCUT2D eigenvalue weighted by molar-refractivity contribution is 0.0300. The van der Waals surface area contributed by atoms with Crippen molar-refractivity contribution in [2.45, 2.75) is 0 Å². The number of para-hydroxylation sites is 1. The first-order chi connectivity index (χ1) is 9.66. The number of hydrogen-bond donors (Lipinski definition) is 0. The summed E-state index contributed by atoms with van der Waals surface area (Å²) in [6.07, 6.45) is 0. The minimum atomic E-state index is -0.820. The average Bonchev–Trinajstić information content (AvgIpc) is 2.48. The van der Waals surface area contributed by atoms with Crippen molar-refractivity contribution in [2.75, 3.05) is 26.3 Å². The molecule has 0 spiro atoms. The van der Waals surface area contributed by atoms with Crippen molar-refractivity contribution in [2.24, 2.45) is 0 Å². The molecule has 5 nitrogen and oxygen atoms in total. The summed E-state index contributed by atoms with van der Waals surface area (Å²) in [4.78, 5) is 25.7. The van der Waals surface area contributed by atoms with E-state index < -0.39 is 17.3 Å². The van der Waals surface area contributed by atoms with Crippen LogP contribution in [0, 0.1) is 5.82 Å². The third-order valence-corrected chi connectivity index (χ3v) is 3.24. The highest BCUT2D eigenvalue weighted by Crippen LogP contribution is 2.17. The van der Waals surface area contributed by atoms with Crippen LogP contribution < -0.4 is 5.63 Å². The molecular formula is C14H12FNO4. The first kappa shape index (κ1) is 12.8. The molecular weight excluding hydrogens is 265 g/mol. The minimum absolute atomic E-state index is 0.0787. The van der Waals surface area contributed by atoms with Crippen LogP contribution in [0.5, 0.6) is 0 Å². The molecule has 0 aliphatic carbocycles. The van der Waals surface area contributed by atoms with Crippen molar-refractivity contribution in [3.63, 3.8) is 0 Å². The Hall–Kier alpha value is -2.21. The number of fused-ring (bicyclic) bond motifs is 1. The van der Waals surface area contributed by atoms with Gasteiger partial charge >= 0.3 is 5.63 Å². The fourth-order valence-corrected chi connectivity index (χ4v) is 2.19. The fraction of sp³-hybridized carbons (Fsp3) is 0.286. The smallest absolute Gasteiger partial charge is 0.349 e.